The maximum absolute atomic E-state index is 13.4. The smallest absolute Gasteiger partial charge is 0.317 e. The summed E-state index contributed by atoms with van der Waals surface area (Å²) >= 11 is 0. The topological polar surface area (TPSA) is 32.3 Å². The van der Waals surface area contributed by atoms with Gasteiger partial charge in [0.1, 0.15) is 11.6 Å². The lowest BCUT2D eigenvalue weighted by molar-refractivity contribution is 0.173. The van der Waals surface area contributed by atoms with Gasteiger partial charge in [-0.3, -0.25) is 0 Å². The van der Waals surface area contributed by atoms with Gasteiger partial charge >= 0.3 is 6.03 Å². The molecule has 19 heavy (non-hydrogen) atoms. The van der Waals surface area contributed by atoms with E-state index in [9.17, 15) is 13.6 Å². The van der Waals surface area contributed by atoms with Crippen molar-refractivity contribution in [3.8, 4) is 0 Å². The van der Waals surface area contributed by atoms with Crippen molar-refractivity contribution in [2.24, 2.45) is 5.92 Å². The predicted molar refractivity (Wildman–Crippen MR) is 68.6 cm³/mol. The number of halogens is 2. The molecule has 104 valence electrons. The van der Waals surface area contributed by atoms with Gasteiger partial charge in [0.2, 0.25) is 0 Å². The molecule has 2 rings (SSSR count). The fraction of sp³-hybridized carbons (Fsp3) is 0.500. The standard InChI is InChI=1S/C14H18F2N2O/c1-10-4-6-18(7-5-10)14(19)17-9-11-2-3-12(15)8-13(11)16/h2-3,8,10H,4-7,9H2,1H3,(H,17,19). The van der Waals surface area contributed by atoms with E-state index in [0.29, 0.717) is 11.5 Å². The van der Waals surface area contributed by atoms with E-state index in [1.54, 1.807) is 4.90 Å². The Morgan fingerprint density at radius 2 is 2.05 bits per heavy atom. The van der Waals surface area contributed by atoms with Crippen molar-refractivity contribution < 1.29 is 13.6 Å². The molecule has 0 atom stereocenters. The van der Waals surface area contributed by atoms with Crippen LogP contribution in [0.1, 0.15) is 25.3 Å². The molecular weight excluding hydrogens is 250 g/mol. The molecule has 0 saturated carbocycles. The molecule has 5 heteroatoms. The summed E-state index contributed by atoms with van der Waals surface area (Å²) < 4.78 is 26.1. The zero-order valence-corrected chi connectivity index (χ0v) is 11.0. The largest absolute Gasteiger partial charge is 0.334 e. The van der Waals surface area contributed by atoms with Crippen molar-refractivity contribution in [3.63, 3.8) is 0 Å². The Morgan fingerprint density at radius 1 is 1.37 bits per heavy atom. The van der Waals surface area contributed by atoms with Gasteiger partial charge in [-0.15, -0.1) is 0 Å². The van der Waals surface area contributed by atoms with Crippen LogP contribution in [0.3, 0.4) is 0 Å². The number of carbonyl (C=O) groups excluding carboxylic acids is 1. The van der Waals surface area contributed by atoms with Crippen LogP contribution in [0.25, 0.3) is 0 Å². The molecule has 0 radical (unpaired) electrons. The van der Waals surface area contributed by atoms with Gasteiger partial charge in [-0.1, -0.05) is 13.0 Å². The highest BCUT2D eigenvalue weighted by molar-refractivity contribution is 5.74. The van der Waals surface area contributed by atoms with Crippen LogP contribution in [0.5, 0.6) is 0 Å². The highest BCUT2D eigenvalue weighted by Gasteiger charge is 2.20. The van der Waals surface area contributed by atoms with Crippen LogP contribution in [0.2, 0.25) is 0 Å². The van der Waals surface area contributed by atoms with Crippen LogP contribution in [0, 0.1) is 17.6 Å². The van der Waals surface area contributed by atoms with E-state index in [4.69, 9.17) is 0 Å². The Morgan fingerprint density at radius 3 is 2.68 bits per heavy atom. The Hall–Kier alpha value is -1.65. The summed E-state index contributed by atoms with van der Waals surface area (Å²) in [6, 6.07) is 3.18. The first-order valence-corrected chi connectivity index (χ1v) is 6.53. The monoisotopic (exact) mass is 268 g/mol. The van der Waals surface area contributed by atoms with Gasteiger partial charge < -0.3 is 10.2 Å². The summed E-state index contributed by atoms with van der Waals surface area (Å²) in [6.45, 7) is 3.72. The highest BCUT2D eigenvalue weighted by Crippen LogP contribution is 2.16. The number of hydrogen-bond acceptors (Lipinski definition) is 1. The number of nitrogens with zero attached hydrogens (tertiary/aromatic N) is 1. The van der Waals surface area contributed by atoms with Crippen molar-refractivity contribution in [2.75, 3.05) is 13.1 Å². The Bertz CT molecular complexity index is 457. The average Bonchev–Trinajstić information content (AvgIpc) is 2.38. The van der Waals surface area contributed by atoms with E-state index in [1.165, 1.54) is 12.1 Å². The number of urea groups is 1. The average molecular weight is 268 g/mol. The summed E-state index contributed by atoms with van der Waals surface area (Å²) in [7, 11) is 0. The quantitative estimate of drug-likeness (QED) is 0.878. The SMILES string of the molecule is CC1CCN(C(=O)NCc2ccc(F)cc2F)CC1. The first-order chi connectivity index (χ1) is 9.06. The molecule has 1 saturated heterocycles. The Balaban J connectivity index is 1.86. The van der Waals surface area contributed by atoms with Crippen molar-refractivity contribution in [1.29, 1.82) is 0 Å². The minimum atomic E-state index is -0.632. The number of benzene rings is 1. The van der Waals surface area contributed by atoms with Crippen LogP contribution < -0.4 is 5.32 Å². The number of nitrogens with one attached hydrogen (secondary N) is 1. The van der Waals surface area contributed by atoms with Gasteiger partial charge in [0.05, 0.1) is 0 Å². The van der Waals surface area contributed by atoms with Gasteiger partial charge in [-0.25, -0.2) is 13.6 Å². The molecule has 1 aliphatic heterocycles. The second-order valence-electron chi connectivity index (χ2n) is 5.06. The summed E-state index contributed by atoms with van der Waals surface area (Å²) in [6.07, 6.45) is 2.00. The van der Waals surface area contributed by atoms with E-state index >= 15 is 0 Å². The predicted octanol–water partition coefficient (Wildman–Crippen LogP) is 2.91. The van der Waals surface area contributed by atoms with Crippen molar-refractivity contribution >= 4 is 6.03 Å². The third-order valence-electron chi connectivity index (χ3n) is 3.52. The molecule has 3 nitrogen and oxygen atoms in total. The van der Waals surface area contributed by atoms with Crippen LogP contribution >= 0.6 is 0 Å². The second kappa shape index (κ2) is 5.99. The molecule has 1 N–H and O–H groups in total. The first-order valence-electron chi connectivity index (χ1n) is 6.53. The number of likely N-dealkylation sites (tertiary alicyclic amines) is 1. The van der Waals surface area contributed by atoms with E-state index < -0.39 is 11.6 Å². The van der Waals surface area contributed by atoms with Crippen LogP contribution in [-0.4, -0.2) is 24.0 Å². The van der Waals surface area contributed by atoms with Crippen molar-refractivity contribution in [2.45, 2.75) is 26.3 Å². The van der Waals surface area contributed by atoms with E-state index in [-0.39, 0.29) is 12.6 Å². The van der Waals surface area contributed by atoms with Crippen LogP contribution in [0.4, 0.5) is 13.6 Å². The zero-order chi connectivity index (χ0) is 13.8. The molecule has 1 aromatic carbocycles. The van der Waals surface area contributed by atoms with Gasteiger partial charge in [0.15, 0.2) is 0 Å². The molecule has 0 unspecified atom stereocenters. The highest BCUT2D eigenvalue weighted by atomic mass is 19.1. The molecule has 1 heterocycles. The molecule has 0 aliphatic carbocycles. The molecule has 0 aromatic heterocycles. The summed E-state index contributed by atoms with van der Waals surface area (Å²) in [5.41, 5.74) is 0.292. The third-order valence-corrected chi connectivity index (χ3v) is 3.52. The minimum absolute atomic E-state index is 0.0804. The second-order valence-corrected chi connectivity index (χ2v) is 5.06. The molecule has 0 bridgehead atoms. The lowest BCUT2D eigenvalue weighted by Crippen LogP contribution is -2.43. The Labute approximate surface area is 111 Å². The van der Waals surface area contributed by atoms with E-state index in [1.807, 2.05) is 0 Å². The van der Waals surface area contributed by atoms with Crippen molar-refractivity contribution in [1.82, 2.24) is 10.2 Å². The van der Waals surface area contributed by atoms with Gasteiger partial charge in [0, 0.05) is 31.3 Å². The van der Waals surface area contributed by atoms with E-state index in [0.717, 1.165) is 32.0 Å². The molecule has 2 amide bonds. The number of piperidine rings is 1. The summed E-state index contributed by atoms with van der Waals surface area (Å²) in [5.74, 6) is -0.594. The van der Waals surface area contributed by atoms with Gasteiger partial charge in [-0.05, 0) is 24.8 Å². The van der Waals surface area contributed by atoms with Crippen LogP contribution in [-0.2, 0) is 6.54 Å². The maximum atomic E-state index is 13.4. The third kappa shape index (κ3) is 3.66. The summed E-state index contributed by atoms with van der Waals surface area (Å²) in [4.78, 5) is 13.6. The maximum Gasteiger partial charge on any atom is 0.317 e. The summed E-state index contributed by atoms with van der Waals surface area (Å²) in [5, 5.41) is 2.67. The van der Waals surface area contributed by atoms with E-state index in [2.05, 4.69) is 12.2 Å². The molecular formula is C14H18F2N2O. The Kier molecular flexibility index (Phi) is 4.35. The lowest BCUT2D eigenvalue weighted by atomic mass is 10.00. The number of rotatable bonds is 2. The van der Waals surface area contributed by atoms with Gasteiger partial charge in [-0.2, -0.15) is 0 Å². The van der Waals surface area contributed by atoms with Crippen molar-refractivity contribution in [3.05, 3.63) is 35.4 Å². The zero-order valence-electron chi connectivity index (χ0n) is 11.0. The number of amides is 2. The number of carbonyl (C=O) groups is 1. The fourth-order valence-corrected chi connectivity index (χ4v) is 2.16. The van der Waals surface area contributed by atoms with Crippen LogP contribution in [0.15, 0.2) is 18.2 Å². The molecule has 1 aliphatic rings. The first kappa shape index (κ1) is 13.8. The normalized spacial score (nSPS) is 16.5. The van der Waals surface area contributed by atoms with Gasteiger partial charge in [0.25, 0.3) is 0 Å². The fourth-order valence-electron chi connectivity index (χ4n) is 2.16. The minimum Gasteiger partial charge on any atom is -0.334 e. The number of hydrogen-bond donors (Lipinski definition) is 1. The molecule has 1 aromatic rings. The molecule has 1 fully saturated rings. The lowest BCUT2D eigenvalue weighted by Gasteiger charge is -2.30. The molecule has 0 spiro atoms.